The zero-order valence-electron chi connectivity index (χ0n) is 9.62. The summed E-state index contributed by atoms with van der Waals surface area (Å²) in [6, 6.07) is 5.72. The Balaban J connectivity index is 2.47. The van der Waals surface area contributed by atoms with Crippen molar-refractivity contribution < 1.29 is 0 Å². The third kappa shape index (κ3) is 2.21. The molecule has 0 aliphatic heterocycles. The summed E-state index contributed by atoms with van der Waals surface area (Å²) in [5.41, 5.74) is 7.15. The maximum atomic E-state index is 6.19. The first kappa shape index (κ1) is 11.8. The highest BCUT2D eigenvalue weighted by Gasteiger charge is 2.25. The number of thiazole rings is 1. The summed E-state index contributed by atoms with van der Waals surface area (Å²) in [5, 5.41) is 1.69. The largest absolute Gasteiger partial charge is 0.322 e. The van der Waals surface area contributed by atoms with Crippen molar-refractivity contribution in [3.05, 3.63) is 28.2 Å². The van der Waals surface area contributed by atoms with Crippen molar-refractivity contribution in [3.8, 4) is 0 Å². The van der Waals surface area contributed by atoms with Crippen molar-refractivity contribution in [2.75, 3.05) is 0 Å². The third-order valence-corrected chi connectivity index (χ3v) is 3.92. The van der Waals surface area contributed by atoms with Crippen LogP contribution in [0.25, 0.3) is 10.2 Å². The Morgan fingerprint density at radius 1 is 1.38 bits per heavy atom. The van der Waals surface area contributed by atoms with E-state index in [-0.39, 0.29) is 11.5 Å². The second kappa shape index (κ2) is 3.99. The van der Waals surface area contributed by atoms with Crippen molar-refractivity contribution >= 4 is 33.2 Å². The van der Waals surface area contributed by atoms with Gasteiger partial charge in [0.1, 0.15) is 5.01 Å². The number of halogens is 1. The Morgan fingerprint density at radius 2 is 2.06 bits per heavy atom. The first-order valence-electron chi connectivity index (χ1n) is 5.19. The molecule has 0 amide bonds. The lowest BCUT2D eigenvalue weighted by Gasteiger charge is -2.24. The molecule has 86 valence electrons. The van der Waals surface area contributed by atoms with Crippen LogP contribution in [0.15, 0.2) is 18.2 Å². The molecule has 2 N–H and O–H groups in total. The molecular formula is C12H15ClN2S. The van der Waals surface area contributed by atoms with Gasteiger partial charge in [-0.05, 0) is 23.6 Å². The number of nitrogens with zero attached hydrogens (tertiary/aromatic N) is 1. The molecule has 1 unspecified atom stereocenters. The molecule has 2 rings (SSSR count). The molecule has 0 fully saturated rings. The monoisotopic (exact) mass is 254 g/mol. The Bertz CT molecular complexity index is 513. The predicted octanol–water partition coefficient (Wildman–Crippen LogP) is 4.00. The number of hydrogen-bond donors (Lipinski definition) is 1. The average Bonchev–Trinajstić information content (AvgIpc) is 2.57. The van der Waals surface area contributed by atoms with E-state index in [1.807, 2.05) is 18.2 Å². The number of aromatic nitrogens is 1. The van der Waals surface area contributed by atoms with Crippen LogP contribution in [0, 0.1) is 5.41 Å². The Labute approximate surface area is 104 Å². The van der Waals surface area contributed by atoms with Gasteiger partial charge in [0.25, 0.3) is 0 Å². The van der Waals surface area contributed by atoms with Crippen molar-refractivity contribution in [2.45, 2.75) is 26.8 Å². The first-order valence-corrected chi connectivity index (χ1v) is 6.39. The minimum absolute atomic E-state index is 0.0255. The number of benzene rings is 1. The molecular weight excluding hydrogens is 240 g/mol. The lowest BCUT2D eigenvalue weighted by Crippen LogP contribution is -2.25. The first-order chi connectivity index (χ1) is 7.38. The van der Waals surface area contributed by atoms with Gasteiger partial charge in [-0.2, -0.15) is 0 Å². The van der Waals surface area contributed by atoms with Gasteiger partial charge in [-0.25, -0.2) is 4.98 Å². The number of rotatable bonds is 1. The molecule has 2 nitrogen and oxygen atoms in total. The summed E-state index contributed by atoms with van der Waals surface area (Å²) in [5.74, 6) is 0. The summed E-state index contributed by atoms with van der Waals surface area (Å²) in [7, 11) is 0. The van der Waals surface area contributed by atoms with Crippen LogP contribution in [-0.4, -0.2) is 4.98 Å². The summed E-state index contributed by atoms with van der Waals surface area (Å²) in [4.78, 5) is 4.55. The summed E-state index contributed by atoms with van der Waals surface area (Å²) in [6.45, 7) is 6.37. The van der Waals surface area contributed by atoms with Crippen LogP contribution in [0.2, 0.25) is 5.02 Å². The number of fused-ring (bicyclic) bond motifs is 1. The molecule has 2 aromatic rings. The number of hydrogen-bond acceptors (Lipinski definition) is 3. The van der Waals surface area contributed by atoms with Crippen LogP contribution in [0.3, 0.4) is 0 Å². The van der Waals surface area contributed by atoms with Crippen molar-refractivity contribution in [1.82, 2.24) is 4.98 Å². The van der Waals surface area contributed by atoms with Crippen LogP contribution in [-0.2, 0) is 0 Å². The van der Waals surface area contributed by atoms with Gasteiger partial charge in [0, 0.05) is 5.02 Å². The van der Waals surface area contributed by atoms with Gasteiger partial charge in [-0.15, -0.1) is 11.3 Å². The quantitative estimate of drug-likeness (QED) is 0.836. The normalized spacial score (nSPS) is 14.3. The van der Waals surface area contributed by atoms with E-state index in [1.165, 1.54) is 0 Å². The molecule has 0 bridgehead atoms. The third-order valence-electron chi connectivity index (χ3n) is 2.57. The van der Waals surface area contributed by atoms with E-state index in [9.17, 15) is 0 Å². The summed E-state index contributed by atoms with van der Waals surface area (Å²) in [6.07, 6.45) is 0. The van der Waals surface area contributed by atoms with Crippen LogP contribution < -0.4 is 5.73 Å². The highest BCUT2D eigenvalue weighted by atomic mass is 35.5. The van der Waals surface area contributed by atoms with E-state index in [1.54, 1.807) is 11.3 Å². The highest BCUT2D eigenvalue weighted by molar-refractivity contribution is 7.18. The Morgan fingerprint density at radius 3 is 2.69 bits per heavy atom. The van der Waals surface area contributed by atoms with E-state index in [0.29, 0.717) is 5.02 Å². The van der Waals surface area contributed by atoms with E-state index < -0.39 is 0 Å². The highest BCUT2D eigenvalue weighted by Crippen LogP contribution is 2.35. The topological polar surface area (TPSA) is 38.9 Å². The fourth-order valence-electron chi connectivity index (χ4n) is 1.42. The molecule has 0 radical (unpaired) electrons. The van der Waals surface area contributed by atoms with Crippen LogP contribution in [0.4, 0.5) is 0 Å². The van der Waals surface area contributed by atoms with Gasteiger partial charge in [0.2, 0.25) is 0 Å². The lowest BCUT2D eigenvalue weighted by atomic mass is 9.88. The zero-order chi connectivity index (χ0) is 11.9. The van der Waals surface area contributed by atoms with Gasteiger partial charge in [-0.3, -0.25) is 0 Å². The van der Waals surface area contributed by atoms with E-state index in [2.05, 4.69) is 25.8 Å². The maximum absolute atomic E-state index is 6.19. The molecule has 0 aliphatic carbocycles. The second-order valence-corrected chi connectivity index (χ2v) is 6.51. The van der Waals surface area contributed by atoms with Gasteiger partial charge >= 0.3 is 0 Å². The molecule has 0 saturated heterocycles. The molecule has 0 spiro atoms. The van der Waals surface area contributed by atoms with Gasteiger partial charge in [-0.1, -0.05) is 32.4 Å². The minimum atomic E-state index is -0.0383. The molecule has 1 aromatic carbocycles. The average molecular weight is 255 g/mol. The minimum Gasteiger partial charge on any atom is -0.322 e. The fourth-order valence-corrected chi connectivity index (χ4v) is 2.78. The summed E-state index contributed by atoms with van der Waals surface area (Å²) >= 11 is 7.58. The van der Waals surface area contributed by atoms with Gasteiger partial charge < -0.3 is 5.73 Å². The molecule has 0 saturated carbocycles. The van der Waals surface area contributed by atoms with E-state index >= 15 is 0 Å². The van der Waals surface area contributed by atoms with Crippen LogP contribution in [0.5, 0.6) is 0 Å². The van der Waals surface area contributed by atoms with Crippen molar-refractivity contribution in [2.24, 2.45) is 11.1 Å². The van der Waals surface area contributed by atoms with Crippen molar-refractivity contribution in [3.63, 3.8) is 0 Å². The standard InChI is InChI=1S/C12H15ClN2S/c1-12(2,3)10(14)11-15-8-6-7(13)4-5-9(8)16-11/h4-6,10H,14H2,1-3H3. The van der Waals surface area contributed by atoms with Gasteiger partial charge in [0.05, 0.1) is 16.3 Å². The van der Waals surface area contributed by atoms with E-state index in [0.717, 1.165) is 15.2 Å². The smallest absolute Gasteiger partial charge is 0.111 e. The molecule has 1 atom stereocenters. The fraction of sp³-hybridized carbons (Fsp3) is 0.417. The molecule has 16 heavy (non-hydrogen) atoms. The van der Waals surface area contributed by atoms with Crippen molar-refractivity contribution in [1.29, 1.82) is 0 Å². The zero-order valence-corrected chi connectivity index (χ0v) is 11.2. The molecule has 0 aliphatic rings. The Hall–Kier alpha value is -0.640. The lowest BCUT2D eigenvalue weighted by molar-refractivity contribution is 0.326. The van der Waals surface area contributed by atoms with Crippen LogP contribution in [0.1, 0.15) is 31.8 Å². The predicted molar refractivity (Wildman–Crippen MR) is 71.0 cm³/mol. The SMILES string of the molecule is CC(C)(C)C(N)c1nc2cc(Cl)ccc2s1. The van der Waals surface area contributed by atoms with Crippen LogP contribution >= 0.6 is 22.9 Å². The molecule has 4 heteroatoms. The van der Waals surface area contributed by atoms with E-state index in [4.69, 9.17) is 17.3 Å². The molecule has 1 heterocycles. The number of nitrogens with two attached hydrogens (primary N) is 1. The second-order valence-electron chi connectivity index (χ2n) is 5.01. The summed E-state index contributed by atoms with van der Waals surface area (Å²) < 4.78 is 1.14. The maximum Gasteiger partial charge on any atom is 0.111 e. The Kier molecular flexibility index (Phi) is 2.95. The molecule has 1 aromatic heterocycles. The van der Waals surface area contributed by atoms with Gasteiger partial charge in [0.15, 0.2) is 0 Å².